The van der Waals surface area contributed by atoms with Crippen LogP contribution in [-0.2, 0) is 16.0 Å². The second-order valence-electron chi connectivity index (χ2n) is 7.44. The number of piperazine rings is 1. The number of carbonyl (C=O) groups excluding carboxylic acids is 1. The van der Waals surface area contributed by atoms with Gasteiger partial charge in [0.25, 0.3) is 0 Å². The summed E-state index contributed by atoms with van der Waals surface area (Å²) >= 11 is 0. The Morgan fingerprint density at radius 1 is 1.15 bits per heavy atom. The van der Waals surface area contributed by atoms with Gasteiger partial charge in [-0.1, -0.05) is 23.8 Å². The maximum absolute atomic E-state index is 11.6. The van der Waals surface area contributed by atoms with E-state index in [-0.39, 0.29) is 5.97 Å². The maximum atomic E-state index is 11.6. The van der Waals surface area contributed by atoms with Crippen molar-refractivity contribution in [3.05, 3.63) is 47.0 Å². The van der Waals surface area contributed by atoms with Crippen LogP contribution in [0.3, 0.4) is 0 Å². The average molecular weight is 358 g/mol. The zero-order chi connectivity index (χ0) is 18.5. The quantitative estimate of drug-likeness (QED) is 0.598. The number of carbonyl (C=O) groups is 1. The lowest BCUT2D eigenvalue weighted by Gasteiger charge is -2.45. The summed E-state index contributed by atoms with van der Waals surface area (Å²) < 4.78 is 10.2. The van der Waals surface area contributed by atoms with Gasteiger partial charge in [0.05, 0.1) is 25.9 Å². The van der Waals surface area contributed by atoms with Gasteiger partial charge in [-0.3, -0.25) is 9.80 Å². The number of nitrogens with zero attached hydrogens (tertiary/aromatic N) is 2. The molecule has 1 aromatic rings. The fourth-order valence-corrected chi connectivity index (χ4v) is 3.98. The first-order valence-electron chi connectivity index (χ1n) is 9.48. The molecule has 0 spiro atoms. The van der Waals surface area contributed by atoms with E-state index < -0.39 is 0 Å². The molecular formula is C21H30N2O3. The Morgan fingerprint density at radius 3 is 2.42 bits per heavy atom. The van der Waals surface area contributed by atoms with Crippen LogP contribution in [-0.4, -0.2) is 67.8 Å². The Bertz CT molecular complexity index is 629. The molecule has 0 aromatic heterocycles. The third kappa shape index (κ3) is 4.72. The van der Waals surface area contributed by atoms with Crippen molar-refractivity contribution >= 4 is 5.97 Å². The molecule has 2 heterocycles. The Labute approximate surface area is 156 Å². The zero-order valence-electron chi connectivity index (χ0n) is 16.1. The lowest BCUT2D eigenvalue weighted by atomic mass is 10.0. The van der Waals surface area contributed by atoms with Gasteiger partial charge in [0.15, 0.2) is 0 Å². The van der Waals surface area contributed by atoms with Gasteiger partial charge in [-0.05, 0) is 38.0 Å². The molecule has 5 nitrogen and oxygen atoms in total. The summed E-state index contributed by atoms with van der Waals surface area (Å²) in [4.78, 5) is 16.7. The molecular weight excluding hydrogens is 328 g/mol. The topological polar surface area (TPSA) is 42.0 Å². The highest BCUT2D eigenvalue weighted by Gasteiger charge is 2.29. The van der Waals surface area contributed by atoms with Crippen LogP contribution < -0.4 is 0 Å². The molecule has 2 aliphatic rings. The van der Waals surface area contributed by atoms with Crippen molar-refractivity contribution < 1.29 is 14.3 Å². The monoisotopic (exact) mass is 358 g/mol. The third-order valence-corrected chi connectivity index (χ3v) is 5.40. The van der Waals surface area contributed by atoms with Crippen molar-refractivity contribution in [3.8, 4) is 0 Å². The highest BCUT2D eigenvalue weighted by molar-refractivity contribution is 5.89. The van der Waals surface area contributed by atoms with E-state index in [0.29, 0.717) is 17.6 Å². The molecule has 2 aliphatic heterocycles. The normalized spacial score (nSPS) is 25.0. The molecule has 1 aromatic carbocycles. The first kappa shape index (κ1) is 19.1. The molecule has 5 heteroatoms. The standard InChI is InChI=1S/C21H30N2O3/c1-16-12-22(14-19-8-10-26-11-9-19)13-17(2)23(16)15-18-4-6-20(7-5-18)21(24)25-3/h4-8,16-17H,9-15H2,1-3H3/t16-,17+. The molecule has 0 bridgehead atoms. The minimum Gasteiger partial charge on any atom is -0.465 e. The number of rotatable bonds is 5. The third-order valence-electron chi connectivity index (χ3n) is 5.40. The van der Waals surface area contributed by atoms with Crippen LogP contribution in [0.15, 0.2) is 35.9 Å². The Balaban J connectivity index is 1.57. The second-order valence-corrected chi connectivity index (χ2v) is 7.44. The van der Waals surface area contributed by atoms with Gasteiger partial charge in [-0.15, -0.1) is 0 Å². The molecule has 2 atom stereocenters. The smallest absolute Gasteiger partial charge is 0.337 e. The first-order valence-corrected chi connectivity index (χ1v) is 9.48. The van der Waals surface area contributed by atoms with E-state index in [1.165, 1.54) is 18.2 Å². The van der Waals surface area contributed by atoms with E-state index in [1.54, 1.807) is 0 Å². The molecule has 0 radical (unpaired) electrons. The Kier molecular flexibility index (Phi) is 6.46. The summed E-state index contributed by atoms with van der Waals surface area (Å²) in [6.45, 7) is 10.4. The van der Waals surface area contributed by atoms with E-state index in [1.807, 2.05) is 24.3 Å². The molecule has 3 rings (SSSR count). The van der Waals surface area contributed by atoms with Crippen molar-refractivity contribution in [2.24, 2.45) is 0 Å². The summed E-state index contributed by atoms with van der Waals surface area (Å²) in [7, 11) is 1.41. The van der Waals surface area contributed by atoms with Crippen molar-refractivity contribution in [1.29, 1.82) is 0 Å². The maximum Gasteiger partial charge on any atom is 0.337 e. The molecule has 0 saturated carbocycles. The van der Waals surface area contributed by atoms with Crippen LogP contribution in [0.1, 0.15) is 36.2 Å². The number of ether oxygens (including phenoxy) is 2. The fraction of sp³-hybridized carbons (Fsp3) is 0.571. The van der Waals surface area contributed by atoms with E-state index in [4.69, 9.17) is 9.47 Å². The van der Waals surface area contributed by atoms with Crippen LogP contribution in [0, 0.1) is 0 Å². The molecule has 0 aliphatic carbocycles. The summed E-state index contributed by atoms with van der Waals surface area (Å²) in [6.07, 6.45) is 3.31. The zero-order valence-corrected chi connectivity index (χ0v) is 16.1. The predicted molar refractivity (Wildman–Crippen MR) is 102 cm³/mol. The van der Waals surface area contributed by atoms with Gasteiger partial charge in [0, 0.05) is 38.3 Å². The minimum absolute atomic E-state index is 0.283. The predicted octanol–water partition coefficient (Wildman–Crippen LogP) is 2.71. The van der Waals surface area contributed by atoms with E-state index in [2.05, 4.69) is 29.7 Å². The summed E-state index contributed by atoms with van der Waals surface area (Å²) in [5, 5.41) is 0. The summed E-state index contributed by atoms with van der Waals surface area (Å²) in [6, 6.07) is 8.77. The van der Waals surface area contributed by atoms with Gasteiger partial charge < -0.3 is 9.47 Å². The average Bonchev–Trinajstić information content (AvgIpc) is 2.65. The second kappa shape index (κ2) is 8.80. The van der Waals surface area contributed by atoms with E-state index >= 15 is 0 Å². The highest BCUT2D eigenvalue weighted by Crippen LogP contribution is 2.21. The van der Waals surface area contributed by atoms with Crippen LogP contribution >= 0.6 is 0 Å². The van der Waals surface area contributed by atoms with Crippen LogP contribution in [0.2, 0.25) is 0 Å². The van der Waals surface area contributed by atoms with Gasteiger partial charge in [0.1, 0.15) is 0 Å². The van der Waals surface area contributed by atoms with Crippen molar-refractivity contribution in [2.75, 3.05) is 40.0 Å². The van der Waals surface area contributed by atoms with Gasteiger partial charge in [0.2, 0.25) is 0 Å². The summed E-state index contributed by atoms with van der Waals surface area (Å²) in [5.41, 5.74) is 3.35. The molecule has 1 saturated heterocycles. The Hall–Kier alpha value is -1.69. The van der Waals surface area contributed by atoms with E-state index in [9.17, 15) is 4.79 Å². The molecule has 142 valence electrons. The summed E-state index contributed by atoms with van der Waals surface area (Å²) in [5.74, 6) is -0.283. The molecule has 0 amide bonds. The molecule has 26 heavy (non-hydrogen) atoms. The number of hydrogen-bond acceptors (Lipinski definition) is 5. The lowest BCUT2D eigenvalue weighted by Crippen LogP contribution is -2.56. The number of esters is 1. The SMILES string of the molecule is COC(=O)c1ccc(CN2[C@H](C)CN(CC3=CCOCC3)C[C@@H]2C)cc1. The van der Waals surface area contributed by atoms with Crippen molar-refractivity contribution in [3.63, 3.8) is 0 Å². The van der Waals surface area contributed by atoms with Gasteiger partial charge >= 0.3 is 5.97 Å². The molecule has 1 fully saturated rings. The molecule has 0 unspecified atom stereocenters. The van der Waals surface area contributed by atoms with E-state index in [0.717, 1.165) is 45.8 Å². The van der Waals surface area contributed by atoms with Crippen molar-refractivity contribution in [2.45, 2.75) is 38.9 Å². The fourth-order valence-electron chi connectivity index (χ4n) is 3.98. The van der Waals surface area contributed by atoms with Crippen molar-refractivity contribution in [1.82, 2.24) is 9.80 Å². The van der Waals surface area contributed by atoms with Gasteiger partial charge in [-0.25, -0.2) is 4.79 Å². The molecule has 0 N–H and O–H groups in total. The van der Waals surface area contributed by atoms with Crippen LogP contribution in [0.25, 0.3) is 0 Å². The minimum atomic E-state index is -0.283. The Morgan fingerprint density at radius 2 is 1.85 bits per heavy atom. The van der Waals surface area contributed by atoms with Gasteiger partial charge in [-0.2, -0.15) is 0 Å². The number of benzene rings is 1. The first-order chi connectivity index (χ1) is 12.6. The number of methoxy groups -OCH3 is 1. The number of hydrogen-bond donors (Lipinski definition) is 0. The lowest BCUT2D eigenvalue weighted by molar-refractivity contribution is 0.0358. The highest BCUT2D eigenvalue weighted by atomic mass is 16.5. The van der Waals surface area contributed by atoms with Crippen LogP contribution in [0.5, 0.6) is 0 Å². The largest absolute Gasteiger partial charge is 0.465 e. The van der Waals surface area contributed by atoms with Crippen LogP contribution in [0.4, 0.5) is 0 Å².